The van der Waals surface area contributed by atoms with Gasteiger partial charge in [-0.25, -0.2) is 8.78 Å². The second kappa shape index (κ2) is 10.9. The van der Waals surface area contributed by atoms with Gasteiger partial charge in [-0.15, -0.1) is 0 Å². The van der Waals surface area contributed by atoms with E-state index in [1.807, 2.05) is 6.92 Å². The summed E-state index contributed by atoms with van der Waals surface area (Å²) < 4.78 is 39.6. The zero-order valence-electron chi connectivity index (χ0n) is 13.4. The summed E-state index contributed by atoms with van der Waals surface area (Å²) in [6.07, 6.45) is -3.11. The topological polar surface area (TPSA) is 56.8 Å². The number of carbonyl (C=O) groups excluding carboxylic acids is 1. The molecular formula is C16H23F2NO4. The maximum atomic E-state index is 12.1. The number of hydrogen-bond donors (Lipinski definition) is 1. The Morgan fingerprint density at radius 3 is 2.78 bits per heavy atom. The van der Waals surface area contributed by atoms with Gasteiger partial charge in [0.25, 0.3) is 6.43 Å². The van der Waals surface area contributed by atoms with E-state index < -0.39 is 19.1 Å². The second-order valence-corrected chi connectivity index (χ2v) is 4.78. The first-order valence-electron chi connectivity index (χ1n) is 7.49. The third kappa shape index (κ3) is 8.47. The van der Waals surface area contributed by atoms with Gasteiger partial charge in [0.1, 0.15) is 18.5 Å². The molecule has 0 radical (unpaired) electrons. The maximum absolute atomic E-state index is 12.1. The summed E-state index contributed by atoms with van der Waals surface area (Å²) in [5, 5.41) is 2.72. The molecule has 0 heterocycles. The fourth-order valence-corrected chi connectivity index (χ4v) is 1.74. The van der Waals surface area contributed by atoms with Crippen LogP contribution >= 0.6 is 0 Å². The van der Waals surface area contributed by atoms with E-state index in [4.69, 9.17) is 14.2 Å². The largest absolute Gasteiger partial charge is 0.488 e. The van der Waals surface area contributed by atoms with Gasteiger partial charge in [-0.3, -0.25) is 4.79 Å². The number of alkyl halides is 2. The summed E-state index contributed by atoms with van der Waals surface area (Å²) >= 11 is 0. The van der Waals surface area contributed by atoms with Crippen LogP contribution in [0, 0.1) is 0 Å². The summed E-state index contributed by atoms with van der Waals surface area (Å²) in [6.45, 7) is 4.55. The average Bonchev–Trinajstić information content (AvgIpc) is 2.55. The van der Waals surface area contributed by atoms with Crippen molar-refractivity contribution in [2.45, 2.75) is 32.9 Å². The number of hydrogen-bond acceptors (Lipinski definition) is 4. The Labute approximate surface area is 134 Å². The lowest BCUT2D eigenvalue weighted by Gasteiger charge is -2.14. The molecule has 1 aromatic carbocycles. The van der Waals surface area contributed by atoms with E-state index in [-0.39, 0.29) is 12.5 Å². The Kier molecular flexibility index (Phi) is 9.16. The Bertz CT molecular complexity index is 471. The minimum atomic E-state index is -2.52. The molecule has 1 amide bonds. The zero-order chi connectivity index (χ0) is 17.1. The number of rotatable bonds is 11. The van der Waals surface area contributed by atoms with Crippen LogP contribution in [0.3, 0.4) is 0 Å². The fourth-order valence-electron chi connectivity index (χ4n) is 1.74. The SMILES string of the molecule is CCOCCOC(C)C(=O)NCc1cccc(OCC(F)F)c1. The van der Waals surface area contributed by atoms with Gasteiger partial charge in [-0.1, -0.05) is 12.1 Å². The molecule has 130 valence electrons. The van der Waals surface area contributed by atoms with Gasteiger partial charge in [0.05, 0.1) is 13.2 Å². The van der Waals surface area contributed by atoms with Crippen molar-refractivity contribution in [1.29, 1.82) is 0 Å². The standard InChI is InChI=1S/C16H23F2NO4/c1-3-21-7-8-22-12(2)16(20)19-10-13-5-4-6-14(9-13)23-11-15(17)18/h4-6,9,12,15H,3,7-8,10-11H2,1-2H3,(H,19,20). The number of amides is 1. The van der Waals surface area contributed by atoms with Crippen molar-refractivity contribution in [3.63, 3.8) is 0 Å². The minimum absolute atomic E-state index is 0.250. The highest BCUT2D eigenvalue weighted by Crippen LogP contribution is 2.14. The predicted octanol–water partition coefficient (Wildman–Crippen LogP) is 2.39. The molecule has 0 saturated carbocycles. The van der Waals surface area contributed by atoms with Gasteiger partial charge in [-0.05, 0) is 31.5 Å². The zero-order valence-corrected chi connectivity index (χ0v) is 13.4. The van der Waals surface area contributed by atoms with Crippen molar-refractivity contribution in [3.05, 3.63) is 29.8 Å². The van der Waals surface area contributed by atoms with Crippen LogP contribution in [0.1, 0.15) is 19.4 Å². The molecule has 1 unspecified atom stereocenters. The number of benzene rings is 1. The Hall–Kier alpha value is -1.73. The molecule has 1 rings (SSSR count). The molecule has 1 aromatic rings. The van der Waals surface area contributed by atoms with Gasteiger partial charge in [0.15, 0.2) is 0 Å². The van der Waals surface area contributed by atoms with Crippen molar-refractivity contribution in [2.24, 2.45) is 0 Å². The monoisotopic (exact) mass is 331 g/mol. The molecule has 0 aliphatic rings. The van der Waals surface area contributed by atoms with Crippen LogP contribution in [-0.2, 0) is 20.8 Å². The van der Waals surface area contributed by atoms with Crippen molar-refractivity contribution < 1.29 is 27.8 Å². The Balaban J connectivity index is 2.35. The smallest absolute Gasteiger partial charge is 0.272 e. The molecule has 0 aliphatic carbocycles. The maximum Gasteiger partial charge on any atom is 0.272 e. The van der Waals surface area contributed by atoms with Crippen LogP contribution < -0.4 is 10.1 Å². The molecule has 7 heteroatoms. The molecule has 1 N–H and O–H groups in total. The summed E-state index contributed by atoms with van der Waals surface area (Å²) in [6, 6.07) is 6.66. The van der Waals surface area contributed by atoms with Crippen LogP contribution in [0.2, 0.25) is 0 Å². The van der Waals surface area contributed by atoms with Crippen molar-refractivity contribution in [1.82, 2.24) is 5.32 Å². The second-order valence-electron chi connectivity index (χ2n) is 4.78. The highest BCUT2D eigenvalue weighted by Gasteiger charge is 2.12. The molecule has 0 aliphatic heterocycles. The third-order valence-corrected chi connectivity index (χ3v) is 2.91. The van der Waals surface area contributed by atoms with Crippen molar-refractivity contribution in [2.75, 3.05) is 26.4 Å². The first-order chi connectivity index (χ1) is 11.0. The molecule has 0 saturated heterocycles. The van der Waals surface area contributed by atoms with Crippen LogP contribution in [-0.4, -0.2) is 44.9 Å². The quantitative estimate of drug-likeness (QED) is 0.633. The molecular weight excluding hydrogens is 308 g/mol. The van der Waals surface area contributed by atoms with Crippen LogP contribution in [0.5, 0.6) is 5.75 Å². The first kappa shape index (κ1) is 19.3. The minimum Gasteiger partial charge on any atom is -0.488 e. The van der Waals surface area contributed by atoms with Gasteiger partial charge >= 0.3 is 0 Å². The number of halogens is 2. The third-order valence-electron chi connectivity index (χ3n) is 2.91. The molecule has 23 heavy (non-hydrogen) atoms. The van der Waals surface area contributed by atoms with Crippen LogP contribution in [0.4, 0.5) is 8.78 Å². The first-order valence-corrected chi connectivity index (χ1v) is 7.49. The van der Waals surface area contributed by atoms with E-state index in [1.165, 1.54) is 0 Å². The number of nitrogens with one attached hydrogen (secondary N) is 1. The lowest BCUT2D eigenvalue weighted by Crippen LogP contribution is -2.34. The Morgan fingerprint density at radius 1 is 1.30 bits per heavy atom. The average molecular weight is 331 g/mol. The normalized spacial score (nSPS) is 12.2. The van der Waals surface area contributed by atoms with Gasteiger partial charge < -0.3 is 19.5 Å². The number of carbonyl (C=O) groups is 1. The molecule has 0 bridgehead atoms. The van der Waals surface area contributed by atoms with Crippen LogP contribution in [0.25, 0.3) is 0 Å². The number of ether oxygens (including phenoxy) is 3. The summed E-state index contributed by atoms with van der Waals surface area (Å²) in [5.74, 6) is 0.0958. The van der Waals surface area contributed by atoms with E-state index in [2.05, 4.69) is 5.32 Å². The van der Waals surface area contributed by atoms with E-state index >= 15 is 0 Å². The molecule has 0 spiro atoms. The van der Waals surface area contributed by atoms with Gasteiger partial charge in [-0.2, -0.15) is 0 Å². The van der Waals surface area contributed by atoms with Gasteiger partial charge in [0, 0.05) is 13.2 Å². The summed E-state index contributed by atoms with van der Waals surface area (Å²) in [5.41, 5.74) is 0.756. The molecule has 5 nitrogen and oxygen atoms in total. The summed E-state index contributed by atoms with van der Waals surface area (Å²) in [4.78, 5) is 11.9. The lowest BCUT2D eigenvalue weighted by molar-refractivity contribution is -0.132. The van der Waals surface area contributed by atoms with E-state index in [0.717, 1.165) is 5.56 Å². The van der Waals surface area contributed by atoms with Crippen molar-refractivity contribution in [3.8, 4) is 5.75 Å². The molecule has 0 fully saturated rings. The van der Waals surface area contributed by atoms with E-state index in [9.17, 15) is 13.6 Å². The molecule has 1 atom stereocenters. The van der Waals surface area contributed by atoms with Gasteiger partial charge in [0.2, 0.25) is 5.91 Å². The molecule has 0 aromatic heterocycles. The van der Waals surface area contributed by atoms with E-state index in [1.54, 1.807) is 31.2 Å². The highest BCUT2D eigenvalue weighted by molar-refractivity contribution is 5.80. The Morgan fingerprint density at radius 2 is 2.09 bits per heavy atom. The summed E-state index contributed by atoms with van der Waals surface area (Å²) in [7, 11) is 0. The van der Waals surface area contributed by atoms with E-state index in [0.29, 0.717) is 25.6 Å². The predicted molar refractivity (Wildman–Crippen MR) is 81.7 cm³/mol. The lowest BCUT2D eigenvalue weighted by atomic mass is 10.2. The fraction of sp³-hybridized carbons (Fsp3) is 0.562. The van der Waals surface area contributed by atoms with Crippen LogP contribution in [0.15, 0.2) is 24.3 Å². The van der Waals surface area contributed by atoms with Crippen molar-refractivity contribution >= 4 is 5.91 Å². The highest BCUT2D eigenvalue weighted by atomic mass is 19.3.